The summed E-state index contributed by atoms with van der Waals surface area (Å²) in [7, 11) is 3.06. The maximum Gasteiger partial charge on any atom is 0.255 e. The molecular formula is C23H26N4O8. The Morgan fingerprint density at radius 3 is 2.43 bits per heavy atom. The number of nitrogens with zero attached hydrogens (tertiary/aromatic N) is 1. The van der Waals surface area contributed by atoms with E-state index in [2.05, 4.69) is 5.32 Å². The SMILES string of the molecule is CN(C)[C@H]1C(=O)C(C(N)=O)=C(O)[C@@]2(O)C(=O)C3=C(O)c4c(ccc(NC(=O)CN)c4O)C[C@@H]3C[C@@H]12. The molecule has 0 aliphatic heterocycles. The monoisotopic (exact) mass is 486 g/mol. The molecule has 1 aromatic carbocycles. The van der Waals surface area contributed by atoms with Crippen LogP contribution in [-0.4, -0.2) is 81.0 Å². The van der Waals surface area contributed by atoms with E-state index in [4.69, 9.17) is 11.5 Å². The van der Waals surface area contributed by atoms with Gasteiger partial charge in [0.05, 0.1) is 23.8 Å². The number of carbonyl (C=O) groups is 4. The second kappa shape index (κ2) is 8.18. The Bertz CT molecular complexity index is 1250. The molecule has 186 valence electrons. The van der Waals surface area contributed by atoms with E-state index in [-0.39, 0.29) is 36.2 Å². The number of fused-ring (bicyclic) bond motifs is 3. The predicted octanol–water partition coefficient (Wildman–Crippen LogP) is -1.14. The summed E-state index contributed by atoms with van der Waals surface area (Å²) in [5, 5.41) is 46.6. The van der Waals surface area contributed by atoms with Gasteiger partial charge >= 0.3 is 0 Å². The maximum absolute atomic E-state index is 13.7. The Labute approximate surface area is 199 Å². The number of benzene rings is 1. The van der Waals surface area contributed by atoms with Gasteiger partial charge in [0.1, 0.15) is 22.8 Å². The number of carbonyl (C=O) groups excluding carboxylic acids is 4. The molecule has 0 heterocycles. The lowest BCUT2D eigenvalue weighted by molar-refractivity contribution is -0.153. The molecule has 0 saturated heterocycles. The number of Topliss-reactive ketones (excluding diaryl/α,β-unsaturated/α-hetero) is 2. The number of aliphatic hydroxyl groups is 3. The molecule has 1 aromatic rings. The summed E-state index contributed by atoms with van der Waals surface area (Å²) in [4.78, 5) is 51.8. The van der Waals surface area contributed by atoms with Crippen LogP contribution in [-0.2, 0) is 25.6 Å². The molecule has 4 rings (SSSR count). The fourth-order valence-corrected chi connectivity index (χ4v) is 5.52. The first-order valence-corrected chi connectivity index (χ1v) is 10.9. The van der Waals surface area contributed by atoms with Crippen molar-refractivity contribution >= 4 is 34.8 Å². The van der Waals surface area contributed by atoms with Crippen LogP contribution in [0.3, 0.4) is 0 Å². The number of phenols is 1. The van der Waals surface area contributed by atoms with Gasteiger partial charge in [-0.2, -0.15) is 0 Å². The number of rotatable bonds is 4. The van der Waals surface area contributed by atoms with E-state index in [0.29, 0.717) is 5.56 Å². The van der Waals surface area contributed by atoms with E-state index in [1.165, 1.54) is 25.1 Å². The van der Waals surface area contributed by atoms with E-state index < -0.39 is 69.7 Å². The molecule has 3 aliphatic carbocycles. The third kappa shape index (κ3) is 3.32. The van der Waals surface area contributed by atoms with Crippen LogP contribution >= 0.6 is 0 Å². The third-order valence-electron chi connectivity index (χ3n) is 7.05. The summed E-state index contributed by atoms with van der Waals surface area (Å²) in [5.41, 5.74) is 7.05. The standard InChI is InChI=1S/C23H26N4O8/c1-27(2)16-10-6-9-5-8-3-4-11(26-12(28)7-24)17(29)13(8)18(30)14(9)20(32)23(10,35)21(33)15(19(16)31)22(25)34/h3-4,9-10,16,29-30,33,35H,5-7,24H2,1-2H3,(H2,25,34)(H,26,28)/t9-,10+,16-,23+/m1/s1. The third-order valence-corrected chi connectivity index (χ3v) is 7.05. The second-order valence-electron chi connectivity index (χ2n) is 9.21. The largest absolute Gasteiger partial charge is 0.508 e. The van der Waals surface area contributed by atoms with Gasteiger partial charge in [0.25, 0.3) is 5.91 Å². The van der Waals surface area contributed by atoms with Crippen LogP contribution in [0.25, 0.3) is 5.76 Å². The first-order valence-electron chi connectivity index (χ1n) is 10.9. The molecule has 1 fully saturated rings. The van der Waals surface area contributed by atoms with Crippen LogP contribution in [0, 0.1) is 11.8 Å². The highest BCUT2D eigenvalue weighted by molar-refractivity contribution is 6.24. The molecule has 12 heteroatoms. The quantitative estimate of drug-likeness (QED) is 0.200. The molecule has 35 heavy (non-hydrogen) atoms. The number of anilines is 1. The van der Waals surface area contributed by atoms with E-state index in [1.54, 1.807) is 6.07 Å². The molecule has 0 unspecified atom stereocenters. The minimum atomic E-state index is -2.70. The Balaban J connectivity index is 1.92. The van der Waals surface area contributed by atoms with Crippen molar-refractivity contribution in [2.24, 2.45) is 23.3 Å². The van der Waals surface area contributed by atoms with Crippen LogP contribution < -0.4 is 16.8 Å². The lowest BCUT2D eigenvalue weighted by Gasteiger charge is -2.50. The smallest absolute Gasteiger partial charge is 0.255 e. The number of hydrogen-bond donors (Lipinski definition) is 7. The van der Waals surface area contributed by atoms with Crippen LogP contribution in [0.15, 0.2) is 29.0 Å². The number of aromatic hydroxyl groups is 1. The summed E-state index contributed by atoms with van der Waals surface area (Å²) in [6, 6.07) is 1.86. The van der Waals surface area contributed by atoms with Crippen LogP contribution in [0.4, 0.5) is 5.69 Å². The van der Waals surface area contributed by atoms with Crippen molar-refractivity contribution < 1.29 is 39.6 Å². The van der Waals surface area contributed by atoms with Gasteiger partial charge in [0.2, 0.25) is 11.7 Å². The Hall–Kier alpha value is -3.74. The maximum atomic E-state index is 13.7. The topological polar surface area (TPSA) is 217 Å². The summed E-state index contributed by atoms with van der Waals surface area (Å²) < 4.78 is 0. The van der Waals surface area contributed by atoms with E-state index in [9.17, 15) is 39.6 Å². The number of hydrogen-bond acceptors (Lipinski definition) is 10. The Morgan fingerprint density at radius 1 is 1.20 bits per heavy atom. The molecule has 9 N–H and O–H groups in total. The number of phenolic OH excluding ortho intramolecular Hbond substituents is 1. The van der Waals surface area contributed by atoms with Crippen LogP contribution in [0.1, 0.15) is 17.5 Å². The molecule has 1 saturated carbocycles. The first kappa shape index (κ1) is 24.4. The Morgan fingerprint density at radius 2 is 1.86 bits per heavy atom. The minimum Gasteiger partial charge on any atom is -0.508 e. The van der Waals surface area contributed by atoms with Gasteiger partial charge in [-0.15, -0.1) is 0 Å². The molecule has 0 aromatic heterocycles. The number of ketones is 2. The van der Waals surface area contributed by atoms with Crippen molar-refractivity contribution in [3.05, 3.63) is 40.2 Å². The Kier molecular flexibility index (Phi) is 5.70. The van der Waals surface area contributed by atoms with Crippen molar-refractivity contribution in [2.75, 3.05) is 26.0 Å². The average Bonchev–Trinajstić information content (AvgIpc) is 2.77. The summed E-state index contributed by atoms with van der Waals surface area (Å²) in [6.07, 6.45) is 0.158. The van der Waals surface area contributed by atoms with Crippen LogP contribution in [0.5, 0.6) is 5.75 Å². The van der Waals surface area contributed by atoms with E-state index >= 15 is 0 Å². The number of aliphatic hydroxyl groups excluding tert-OH is 2. The summed E-state index contributed by atoms with van der Waals surface area (Å²) >= 11 is 0. The zero-order valence-corrected chi connectivity index (χ0v) is 19.0. The number of nitrogens with two attached hydrogens (primary N) is 2. The number of primary amides is 1. The zero-order valence-electron chi connectivity index (χ0n) is 19.0. The number of nitrogens with one attached hydrogen (secondary N) is 1. The molecule has 0 radical (unpaired) electrons. The number of amides is 2. The number of likely N-dealkylation sites (N-methyl/N-ethyl adjacent to an activating group) is 1. The van der Waals surface area contributed by atoms with E-state index in [0.717, 1.165) is 0 Å². The average molecular weight is 486 g/mol. The lowest BCUT2D eigenvalue weighted by Crippen LogP contribution is -2.65. The van der Waals surface area contributed by atoms with Crippen molar-refractivity contribution in [2.45, 2.75) is 24.5 Å². The van der Waals surface area contributed by atoms with Gasteiger partial charge in [-0.1, -0.05) is 6.07 Å². The zero-order chi connectivity index (χ0) is 26.0. The normalized spacial score (nSPS) is 28.0. The van der Waals surface area contributed by atoms with Crippen molar-refractivity contribution in [3.8, 4) is 5.75 Å². The minimum absolute atomic E-state index is 0.00180. The van der Waals surface area contributed by atoms with Crippen LogP contribution in [0.2, 0.25) is 0 Å². The van der Waals surface area contributed by atoms with Gasteiger partial charge < -0.3 is 37.2 Å². The highest BCUT2D eigenvalue weighted by atomic mass is 16.3. The first-order chi connectivity index (χ1) is 16.4. The molecule has 0 bridgehead atoms. The fraction of sp³-hybridized carbons (Fsp3) is 0.391. The van der Waals surface area contributed by atoms with E-state index in [1.807, 2.05) is 0 Å². The van der Waals surface area contributed by atoms with Gasteiger partial charge in [-0.3, -0.25) is 24.1 Å². The molecule has 3 aliphatic rings. The van der Waals surface area contributed by atoms with Gasteiger partial charge in [0.15, 0.2) is 11.4 Å². The highest BCUT2D eigenvalue weighted by Gasteiger charge is 2.64. The molecule has 12 nitrogen and oxygen atoms in total. The fourth-order valence-electron chi connectivity index (χ4n) is 5.52. The second-order valence-corrected chi connectivity index (χ2v) is 9.21. The van der Waals surface area contributed by atoms with Gasteiger partial charge in [-0.25, -0.2) is 0 Å². The van der Waals surface area contributed by atoms with Gasteiger partial charge in [0, 0.05) is 11.5 Å². The summed E-state index contributed by atoms with van der Waals surface area (Å²) in [6.45, 7) is -0.349. The molecule has 2 amide bonds. The molecule has 0 spiro atoms. The predicted molar refractivity (Wildman–Crippen MR) is 122 cm³/mol. The highest BCUT2D eigenvalue weighted by Crippen LogP contribution is 2.53. The van der Waals surface area contributed by atoms with Crippen molar-refractivity contribution in [1.29, 1.82) is 0 Å². The van der Waals surface area contributed by atoms with Crippen molar-refractivity contribution in [3.63, 3.8) is 0 Å². The summed E-state index contributed by atoms with van der Waals surface area (Å²) in [5.74, 6) is -7.91. The van der Waals surface area contributed by atoms with Gasteiger partial charge in [-0.05, 0) is 44.5 Å². The lowest BCUT2D eigenvalue weighted by atomic mass is 9.57. The van der Waals surface area contributed by atoms with Crippen molar-refractivity contribution in [1.82, 2.24) is 4.90 Å². The molecule has 4 atom stereocenters. The molecular weight excluding hydrogens is 460 g/mol.